The lowest BCUT2D eigenvalue weighted by Crippen LogP contribution is -2.56. The topological polar surface area (TPSA) is 52.6 Å². The van der Waals surface area contributed by atoms with Crippen molar-refractivity contribution in [2.24, 2.45) is 5.92 Å². The molecule has 0 bridgehead atoms. The van der Waals surface area contributed by atoms with Crippen molar-refractivity contribution in [1.82, 2.24) is 10.2 Å². The summed E-state index contributed by atoms with van der Waals surface area (Å²) in [6, 6.07) is 9.71. The molecule has 21 heavy (non-hydrogen) atoms. The minimum atomic E-state index is -1.08. The van der Waals surface area contributed by atoms with Crippen molar-refractivity contribution in [2.45, 2.75) is 39.3 Å². The minimum absolute atomic E-state index is 0.295. The number of nitrogens with one attached hydrogen (secondary N) is 1. The van der Waals surface area contributed by atoms with E-state index in [0.29, 0.717) is 18.5 Å². The average molecular weight is 292 g/mol. The van der Waals surface area contributed by atoms with Gasteiger partial charge in [-0.15, -0.1) is 0 Å². The molecule has 1 aromatic carbocycles. The molecule has 118 valence electrons. The Hall–Kier alpha value is -1.39. The fraction of sp³-hybridized carbons (Fsp3) is 0.588. The van der Waals surface area contributed by atoms with Gasteiger partial charge >= 0.3 is 5.97 Å². The van der Waals surface area contributed by atoms with Crippen LogP contribution in [0.5, 0.6) is 0 Å². The highest BCUT2D eigenvalue weighted by Crippen LogP contribution is 2.24. The van der Waals surface area contributed by atoms with Crippen LogP contribution < -0.4 is 5.32 Å². The molecule has 0 aliphatic rings. The lowest BCUT2D eigenvalue weighted by atomic mass is 9.88. The van der Waals surface area contributed by atoms with Crippen LogP contribution in [0.3, 0.4) is 0 Å². The highest BCUT2D eigenvalue weighted by atomic mass is 16.4. The van der Waals surface area contributed by atoms with Gasteiger partial charge in [-0.05, 0) is 32.4 Å². The summed E-state index contributed by atoms with van der Waals surface area (Å²) < 4.78 is 0. The zero-order chi connectivity index (χ0) is 16.0. The summed E-state index contributed by atoms with van der Waals surface area (Å²) in [4.78, 5) is 14.2. The minimum Gasteiger partial charge on any atom is -0.480 e. The Balaban J connectivity index is 3.16. The maximum Gasteiger partial charge on any atom is 0.329 e. The molecule has 0 aliphatic heterocycles. The number of nitrogens with zero attached hydrogens (tertiary/aromatic N) is 1. The molecule has 4 heteroatoms. The van der Waals surface area contributed by atoms with Crippen LogP contribution in [-0.4, -0.2) is 42.2 Å². The summed E-state index contributed by atoms with van der Waals surface area (Å²) in [5.41, 5.74) is -0.296. The summed E-state index contributed by atoms with van der Waals surface area (Å²) in [5, 5.41) is 12.9. The fourth-order valence-corrected chi connectivity index (χ4v) is 2.57. The zero-order valence-corrected chi connectivity index (χ0v) is 13.8. The first-order chi connectivity index (χ1) is 9.83. The van der Waals surface area contributed by atoms with Gasteiger partial charge in [-0.25, -0.2) is 4.79 Å². The molecule has 1 unspecified atom stereocenters. The molecule has 1 rings (SSSR count). The van der Waals surface area contributed by atoms with Crippen LogP contribution in [0.4, 0.5) is 0 Å². The molecule has 0 saturated heterocycles. The summed E-state index contributed by atoms with van der Waals surface area (Å²) in [7, 11) is 1.72. The molecule has 1 aromatic rings. The van der Waals surface area contributed by atoms with Gasteiger partial charge in [0.05, 0.1) is 0 Å². The van der Waals surface area contributed by atoms with Crippen LogP contribution in [0.1, 0.15) is 33.3 Å². The maximum absolute atomic E-state index is 12.0. The molecule has 2 N–H and O–H groups in total. The standard InChI is InChI=1S/C17H28N2O2/c1-13(2)11-19(14(3)4)12-17(18-5,16(20)21)15-9-7-6-8-10-15/h6-10,13-14,18H,11-12H2,1-5H3,(H,20,21). The highest BCUT2D eigenvalue weighted by Gasteiger charge is 2.41. The quantitative estimate of drug-likeness (QED) is 0.773. The molecule has 0 aromatic heterocycles. The summed E-state index contributed by atoms with van der Waals surface area (Å²) in [6.07, 6.45) is 0. The second-order valence-electron chi connectivity index (χ2n) is 6.24. The Labute approximate surface area is 128 Å². The van der Waals surface area contributed by atoms with Crippen molar-refractivity contribution in [3.05, 3.63) is 35.9 Å². The van der Waals surface area contributed by atoms with E-state index in [1.807, 2.05) is 30.3 Å². The van der Waals surface area contributed by atoms with Gasteiger partial charge in [0.2, 0.25) is 0 Å². The second-order valence-corrected chi connectivity index (χ2v) is 6.24. The SMILES string of the molecule is CNC(CN(CC(C)C)C(C)C)(C(=O)O)c1ccccc1. The number of benzene rings is 1. The molecular weight excluding hydrogens is 264 g/mol. The Kier molecular flexibility index (Phi) is 6.37. The van der Waals surface area contributed by atoms with Crippen LogP contribution in [-0.2, 0) is 10.3 Å². The van der Waals surface area contributed by atoms with Crippen LogP contribution in [0.2, 0.25) is 0 Å². The predicted molar refractivity (Wildman–Crippen MR) is 86.4 cm³/mol. The van der Waals surface area contributed by atoms with E-state index in [-0.39, 0.29) is 0 Å². The second kappa shape index (κ2) is 7.57. The van der Waals surface area contributed by atoms with Gasteiger partial charge in [0, 0.05) is 19.1 Å². The smallest absolute Gasteiger partial charge is 0.329 e. The van der Waals surface area contributed by atoms with Gasteiger partial charge in [-0.1, -0.05) is 44.2 Å². The summed E-state index contributed by atoms with van der Waals surface area (Å²) in [6.45, 7) is 9.84. The zero-order valence-electron chi connectivity index (χ0n) is 13.8. The third kappa shape index (κ3) is 4.29. The Morgan fingerprint density at radius 1 is 1.24 bits per heavy atom. The van der Waals surface area contributed by atoms with Crippen molar-refractivity contribution < 1.29 is 9.90 Å². The first-order valence-corrected chi connectivity index (χ1v) is 7.55. The van der Waals surface area contributed by atoms with E-state index in [9.17, 15) is 9.90 Å². The van der Waals surface area contributed by atoms with Crippen molar-refractivity contribution in [1.29, 1.82) is 0 Å². The lowest BCUT2D eigenvalue weighted by molar-refractivity contribution is -0.146. The number of carbonyl (C=O) groups is 1. The van der Waals surface area contributed by atoms with E-state index in [4.69, 9.17) is 0 Å². The number of carboxylic acid groups (broad SMARTS) is 1. The first-order valence-electron chi connectivity index (χ1n) is 7.55. The van der Waals surface area contributed by atoms with Crippen LogP contribution in [0.15, 0.2) is 30.3 Å². The molecule has 0 saturated carbocycles. The number of carboxylic acids is 1. The molecule has 4 nitrogen and oxygen atoms in total. The van der Waals surface area contributed by atoms with E-state index < -0.39 is 11.5 Å². The maximum atomic E-state index is 12.0. The van der Waals surface area contributed by atoms with Gasteiger partial charge in [0.25, 0.3) is 0 Å². The average Bonchev–Trinajstić information content (AvgIpc) is 2.43. The Bertz CT molecular complexity index is 445. The number of rotatable bonds is 8. The van der Waals surface area contributed by atoms with E-state index >= 15 is 0 Å². The number of hydrogen-bond donors (Lipinski definition) is 2. The Morgan fingerprint density at radius 3 is 2.19 bits per heavy atom. The van der Waals surface area contributed by atoms with Gasteiger partial charge < -0.3 is 10.4 Å². The van der Waals surface area contributed by atoms with E-state index in [0.717, 1.165) is 12.1 Å². The van der Waals surface area contributed by atoms with Crippen LogP contribution in [0.25, 0.3) is 0 Å². The summed E-state index contributed by atoms with van der Waals surface area (Å²) >= 11 is 0. The third-order valence-corrected chi connectivity index (χ3v) is 3.83. The predicted octanol–water partition coefficient (Wildman–Crippen LogP) is 2.55. The molecule has 0 amide bonds. The van der Waals surface area contributed by atoms with Gasteiger partial charge in [0.15, 0.2) is 5.54 Å². The van der Waals surface area contributed by atoms with Crippen LogP contribution >= 0.6 is 0 Å². The number of aliphatic carboxylic acids is 1. The third-order valence-electron chi connectivity index (χ3n) is 3.83. The van der Waals surface area contributed by atoms with Crippen molar-refractivity contribution in [2.75, 3.05) is 20.1 Å². The molecule has 0 heterocycles. The first kappa shape index (κ1) is 17.7. The molecular formula is C17H28N2O2. The van der Waals surface area contributed by atoms with E-state index in [1.165, 1.54) is 0 Å². The number of likely N-dealkylation sites (N-methyl/N-ethyl adjacent to an activating group) is 1. The normalized spacial score (nSPS) is 14.7. The fourth-order valence-electron chi connectivity index (χ4n) is 2.57. The lowest BCUT2D eigenvalue weighted by Gasteiger charge is -2.38. The van der Waals surface area contributed by atoms with E-state index in [2.05, 4.69) is 37.9 Å². The Morgan fingerprint density at radius 2 is 1.81 bits per heavy atom. The van der Waals surface area contributed by atoms with Crippen molar-refractivity contribution in [3.8, 4) is 0 Å². The largest absolute Gasteiger partial charge is 0.480 e. The van der Waals surface area contributed by atoms with E-state index in [1.54, 1.807) is 7.05 Å². The molecule has 1 atom stereocenters. The molecule has 0 spiro atoms. The van der Waals surface area contributed by atoms with Gasteiger partial charge in [-0.3, -0.25) is 4.90 Å². The van der Waals surface area contributed by atoms with Gasteiger partial charge in [0.1, 0.15) is 0 Å². The van der Waals surface area contributed by atoms with Gasteiger partial charge in [-0.2, -0.15) is 0 Å². The summed E-state index contributed by atoms with van der Waals surface area (Å²) in [5.74, 6) is -0.350. The number of hydrogen-bond acceptors (Lipinski definition) is 3. The van der Waals surface area contributed by atoms with Crippen LogP contribution in [0, 0.1) is 5.92 Å². The monoisotopic (exact) mass is 292 g/mol. The van der Waals surface area contributed by atoms with Crippen molar-refractivity contribution >= 4 is 5.97 Å². The highest BCUT2D eigenvalue weighted by molar-refractivity contribution is 5.81. The molecule has 0 aliphatic carbocycles. The van der Waals surface area contributed by atoms with Crippen molar-refractivity contribution in [3.63, 3.8) is 0 Å². The molecule has 0 fully saturated rings. The molecule has 0 radical (unpaired) electrons.